The fourth-order valence-corrected chi connectivity index (χ4v) is 2.95. The molecule has 0 saturated carbocycles. The normalized spacial score (nSPS) is 11.0. The number of aromatic nitrogens is 3. The number of anilines is 1. The highest BCUT2D eigenvalue weighted by Crippen LogP contribution is 2.23. The molecule has 2 aromatic carbocycles. The minimum Gasteiger partial charge on any atom is -0.423 e. The van der Waals surface area contributed by atoms with Crippen LogP contribution in [0.3, 0.4) is 0 Å². The Morgan fingerprint density at radius 1 is 1.16 bits per heavy atom. The second-order valence-corrected chi connectivity index (χ2v) is 6.00. The fourth-order valence-electron chi connectivity index (χ4n) is 2.95. The van der Waals surface area contributed by atoms with Crippen molar-refractivity contribution in [2.75, 3.05) is 5.32 Å². The van der Waals surface area contributed by atoms with Crippen LogP contribution in [0.1, 0.15) is 21.6 Å². The van der Waals surface area contributed by atoms with Crippen LogP contribution < -0.4 is 5.32 Å². The van der Waals surface area contributed by atoms with E-state index >= 15 is 0 Å². The number of amides is 1. The van der Waals surface area contributed by atoms with Crippen molar-refractivity contribution in [3.8, 4) is 11.5 Å². The summed E-state index contributed by atoms with van der Waals surface area (Å²) < 4.78 is 5.19. The standard InChI is InChI=1S/C19H16N4O2/c1-11-6-12(2)15-9-17(22-16(15)7-11)18(24)21-14-5-3-4-13(8-14)19-23-20-10-25-19/h3-10,22H,1-2H3,(H,21,24). The van der Waals surface area contributed by atoms with Gasteiger partial charge in [0.2, 0.25) is 12.3 Å². The van der Waals surface area contributed by atoms with Crippen LogP contribution in [0.2, 0.25) is 0 Å². The van der Waals surface area contributed by atoms with Crippen molar-refractivity contribution >= 4 is 22.5 Å². The predicted molar refractivity (Wildman–Crippen MR) is 95.5 cm³/mol. The molecule has 25 heavy (non-hydrogen) atoms. The second kappa shape index (κ2) is 5.90. The summed E-state index contributed by atoms with van der Waals surface area (Å²) >= 11 is 0. The molecule has 0 aliphatic carbocycles. The molecule has 124 valence electrons. The van der Waals surface area contributed by atoms with Crippen LogP contribution in [0.4, 0.5) is 5.69 Å². The maximum absolute atomic E-state index is 12.6. The van der Waals surface area contributed by atoms with Crippen LogP contribution in [0.15, 0.2) is 53.3 Å². The Bertz CT molecular complexity index is 1060. The summed E-state index contributed by atoms with van der Waals surface area (Å²) in [6.45, 7) is 4.08. The Balaban J connectivity index is 1.62. The van der Waals surface area contributed by atoms with Gasteiger partial charge in [-0.3, -0.25) is 4.79 Å². The lowest BCUT2D eigenvalue weighted by Gasteiger charge is -2.04. The highest BCUT2D eigenvalue weighted by molar-refractivity contribution is 6.06. The summed E-state index contributed by atoms with van der Waals surface area (Å²) in [5.41, 5.74) is 5.19. The first-order valence-electron chi connectivity index (χ1n) is 7.88. The van der Waals surface area contributed by atoms with E-state index in [2.05, 4.69) is 26.6 Å². The van der Waals surface area contributed by atoms with E-state index in [1.807, 2.05) is 44.2 Å². The van der Waals surface area contributed by atoms with Crippen LogP contribution in [0.5, 0.6) is 0 Å². The van der Waals surface area contributed by atoms with Gasteiger partial charge in [0.25, 0.3) is 5.91 Å². The Kier molecular flexibility index (Phi) is 3.57. The molecule has 2 aromatic heterocycles. The molecule has 0 fully saturated rings. The van der Waals surface area contributed by atoms with Crippen molar-refractivity contribution < 1.29 is 9.21 Å². The number of H-pyrrole nitrogens is 1. The van der Waals surface area contributed by atoms with Crippen molar-refractivity contribution in [2.24, 2.45) is 0 Å². The number of fused-ring (bicyclic) bond motifs is 1. The number of carbonyl (C=O) groups excluding carboxylic acids is 1. The van der Waals surface area contributed by atoms with Crippen molar-refractivity contribution in [2.45, 2.75) is 13.8 Å². The molecule has 6 heteroatoms. The molecule has 0 atom stereocenters. The number of nitrogens with zero attached hydrogens (tertiary/aromatic N) is 2. The van der Waals surface area contributed by atoms with E-state index in [0.717, 1.165) is 27.6 Å². The number of hydrogen-bond acceptors (Lipinski definition) is 4. The van der Waals surface area contributed by atoms with Crippen LogP contribution >= 0.6 is 0 Å². The summed E-state index contributed by atoms with van der Waals surface area (Å²) in [6, 6.07) is 13.3. The Morgan fingerprint density at radius 3 is 2.84 bits per heavy atom. The number of aryl methyl sites for hydroxylation is 2. The smallest absolute Gasteiger partial charge is 0.272 e. The second-order valence-electron chi connectivity index (χ2n) is 6.00. The number of benzene rings is 2. The zero-order valence-corrected chi connectivity index (χ0v) is 13.8. The van der Waals surface area contributed by atoms with E-state index in [0.29, 0.717) is 17.3 Å². The number of rotatable bonds is 3. The van der Waals surface area contributed by atoms with Crippen molar-refractivity contribution in [1.82, 2.24) is 15.2 Å². The molecule has 4 aromatic rings. The maximum atomic E-state index is 12.6. The van der Waals surface area contributed by atoms with E-state index < -0.39 is 0 Å². The average Bonchev–Trinajstić information content (AvgIpc) is 3.24. The Hall–Kier alpha value is -3.41. The van der Waals surface area contributed by atoms with E-state index in [4.69, 9.17) is 4.42 Å². The minimum absolute atomic E-state index is 0.198. The number of aromatic amines is 1. The number of nitrogens with one attached hydrogen (secondary N) is 2. The van der Waals surface area contributed by atoms with Gasteiger partial charge >= 0.3 is 0 Å². The maximum Gasteiger partial charge on any atom is 0.272 e. The van der Waals surface area contributed by atoms with Gasteiger partial charge in [-0.15, -0.1) is 10.2 Å². The van der Waals surface area contributed by atoms with Gasteiger partial charge in [-0.1, -0.05) is 12.1 Å². The summed E-state index contributed by atoms with van der Waals surface area (Å²) in [5.74, 6) is 0.212. The number of carbonyl (C=O) groups is 1. The van der Waals surface area contributed by atoms with Crippen LogP contribution in [-0.4, -0.2) is 21.1 Å². The zero-order valence-electron chi connectivity index (χ0n) is 13.8. The first-order valence-corrected chi connectivity index (χ1v) is 7.88. The van der Waals surface area contributed by atoms with Crippen LogP contribution in [0, 0.1) is 13.8 Å². The minimum atomic E-state index is -0.198. The molecular formula is C19H16N4O2. The van der Waals surface area contributed by atoms with E-state index in [-0.39, 0.29) is 5.91 Å². The topological polar surface area (TPSA) is 83.8 Å². The third-order valence-corrected chi connectivity index (χ3v) is 4.06. The molecule has 0 bridgehead atoms. The third kappa shape index (κ3) is 2.89. The molecule has 0 radical (unpaired) electrons. The lowest BCUT2D eigenvalue weighted by molar-refractivity contribution is 0.102. The van der Waals surface area contributed by atoms with Crippen LogP contribution in [-0.2, 0) is 0 Å². The molecule has 0 unspecified atom stereocenters. The molecular weight excluding hydrogens is 316 g/mol. The van der Waals surface area contributed by atoms with Gasteiger partial charge in [0.1, 0.15) is 5.69 Å². The lowest BCUT2D eigenvalue weighted by Crippen LogP contribution is -2.12. The van der Waals surface area contributed by atoms with E-state index in [9.17, 15) is 4.79 Å². The highest BCUT2D eigenvalue weighted by atomic mass is 16.4. The first kappa shape index (κ1) is 15.1. The summed E-state index contributed by atoms with van der Waals surface area (Å²) in [5, 5.41) is 11.5. The quantitative estimate of drug-likeness (QED) is 0.592. The monoisotopic (exact) mass is 332 g/mol. The van der Waals surface area contributed by atoms with Gasteiger partial charge in [-0.05, 0) is 55.3 Å². The SMILES string of the molecule is Cc1cc(C)c2cc(C(=O)Nc3cccc(-c4nnco4)c3)[nH]c2c1. The Labute approximate surface area is 143 Å². The van der Waals surface area contributed by atoms with Gasteiger partial charge in [0.15, 0.2) is 0 Å². The summed E-state index contributed by atoms with van der Waals surface area (Å²) in [6.07, 6.45) is 1.27. The molecule has 0 spiro atoms. The number of hydrogen-bond donors (Lipinski definition) is 2. The van der Waals surface area contributed by atoms with Gasteiger partial charge < -0.3 is 14.7 Å². The van der Waals surface area contributed by atoms with Gasteiger partial charge in [-0.2, -0.15) is 0 Å². The zero-order chi connectivity index (χ0) is 17.4. The summed E-state index contributed by atoms with van der Waals surface area (Å²) in [4.78, 5) is 15.8. The molecule has 2 heterocycles. The molecule has 0 aliphatic heterocycles. The average molecular weight is 332 g/mol. The van der Waals surface area contributed by atoms with Crippen LogP contribution in [0.25, 0.3) is 22.4 Å². The van der Waals surface area contributed by atoms with Gasteiger partial charge in [-0.25, -0.2) is 0 Å². The fraction of sp³-hybridized carbons (Fsp3) is 0.105. The largest absolute Gasteiger partial charge is 0.423 e. The summed E-state index contributed by atoms with van der Waals surface area (Å²) in [7, 11) is 0. The Morgan fingerprint density at radius 2 is 2.04 bits per heavy atom. The molecule has 6 nitrogen and oxygen atoms in total. The molecule has 0 aliphatic rings. The first-order chi connectivity index (χ1) is 12.1. The van der Waals surface area contributed by atoms with Crippen molar-refractivity contribution in [1.29, 1.82) is 0 Å². The van der Waals surface area contributed by atoms with E-state index in [1.165, 1.54) is 6.39 Å². The predicted octanol–water partition coefficient (Wildman–Crippen LogP) is 4.09. The lowest BCUT2D eigenvalue weighted by atomic mass is 10.1. The van der Waals surface area contributed by atoms with Gasteiger partial charge in [0.05, 0.1) is 0 Å². The van der Waals surface area contributed by atoms with Crippen molar-refractivity contribution in [3.63, 3.8) is 0 Å². The molecule has 2 N–H and O–H groups in total. The van der Waals surface area contributed by atoms with E-state index in [1.54, 1.807) is 6.07 Å². The van der Waals surface area contributed by atoms with Gasteiger partial charge in [0, 0.05) is 22.2 Å². The third-order valence-electron chi connectivity index (χ3n) is 4.06. The molecule has 4 rings (SSSR count). The van der Waals surface area contributed by atoms with Crippen molar-refractivity contribution in [3.05, 3.63) is 65.7 Å². The highest BCUT2D eigenvalue weighted by Gasteiger charge is 2.12. The molecule has 1 amide bonds. The molecule has 0 saturated heterocycles.